The Morgan fingerprint density at radius 2 is 1.88 bits per heavy atom. The number of pyridine rings is 2. The fraction of sp³-hybridized carbons (Fsp3) is 0.0417. The van der Waals surface area contributed by atoms with Gasteiger partial charge in [0.1, 0.15) is 6.54 Å². The SMILES string of the molecule is O=C(Cn1c(=O)cc(-c2nc(-c3cccnc3)no2)c2ccccc21)Nc1ccc(Cl)cc1. The number of amides is 1. The zero-order chi connectivity index (χ0) is 22.8. The molecule has 0 aliphatic rings. The zero-order valence-electron chi connectivity index (χ0n) is 17.1. The topological polar surface area (TPSA) is 103 Å². The number of hydrogen-bond donors (Lipinski definition) is 1. The molecular formula is C24H16ClN5O3. The Morgan fingerprint density at radius 1 is 1.06 bits per heavy atom. The molecule has 33 heavy (non-hydrogen) atoms. The number of halogens is 1. The van der Waals surface area contributed by atoms with Gasteiger partial charge in [-0.1, -0.05) is 35.0 Å². The van der Waals surface area contributed by atoms with Crippen LogP contribution in [0.1, 0.15) is 0 Å². The summed E-state index contributed by atoms with van der Waals surface area (Å²) in [7, 11) is 0. The number of aromatic nitrogens is 4. The lowest BCUT2D eigenvalue weighted by Gasteiger charge is -2.12. The molecule has 2 aromatic carbocycles. The van der Waals surface area contributed by atoms with Crippen molar-refractivity contribution in [3.63, 3.8) is 0 Å². The monoisotopic (exact) mass is 457 g/mol. The largest absolute Gasteiger partial charge is 0.334 e. The van der Waals surface area contributed by atoms with Crippen LogP contribution in [-0.4, -0.2) is 25.6 Å². The zero-order valence-corrected chi connectivity index (χ0v) is 17.9. The van der Waals surface area contributed by atoms with Gasteiger partial charge in [-0.15, -0.1) is 0 Å². The summed E-state index contributed by atoms with van der Waals surface area (Å²) in [5.41, 5.74) is 1.99. The molecule has 162 valence electrons. The van der Waals surface area contributed by atoms with E-state index in [-0.39, 0.29) is 23.9 Å². The summed E-state index contributed by atoms with van der Waals surface area (Å²) in [6, 6.07) is 19.0. The molecule has 3 heterocycles. The number of anilines is 1. The van der Waals surface area contributed by atoms with Gasteiger partial charge in [0.15, 0.2) is 0 Å². The number of benzene rings is 2. The average Bonchev–Trinajstić information content (AvgIpc) is 3.33. The molecule has 0 spiro atoms. The average molecular weight is 458 g/mol. The van der Waals surface area contributed by atoms with Crippen LogP contribution in [0.5, 0.6) is 0 Å². The molecule has 0 bridgehead atoms. The van der Waals surface area contributed by atoms with Gasteiger partial charge >= 0.3 is 0 Å². The molecule has 0 aliphatic heterocycles. The normalized spacial score (nSPS) is 10.9. The van der Waals surface area contributed by atoms with Crippen molar-refractivity contribution in [2.45, 2.75) is 6.54 Å². The predicted molar refractivity (Wildman–Crippen MR) is 125 cm³/mol. The fourth-order valence-electron chi connectivity index (χ4n) is 3.50. The summed E-state index contributed by atoms with van der Waals surface area (Å²) in [5, 5.41) is 8.06. The molecule has 3 aromatic heterocycles. The molecule has 0 atom stereocenters. The maximum Gasteiger partial charge on any atom is 0.259 e. The second-order valence-corrected chi connectivity index (χ2v) is 7.66. The van der Waals surface area contributed by atoms with Crippen LogP contribution in [0.15, 0.2) is 88.4 Å². The molecule has 8 nitrogen and oxygen atoms in total. The quantitative estimate of drug-likeness (QED) is 0.419. The third-order valence-electron chi connectivity index (χ3n) is 5.02. The van der Waals surface area contributed by atoms with Crippen molar-refractivity contribution in [3.8, 4) is 22.8 Å². The molecule has 5 aromatic rings. The first-order valence-electron chi connectivity index (χ1n) is 10.0. The molecule has 5 rings (SSSR count). The van der Waals surface area contributed by atoms with Gasteiger partial charge in [-0.3, -0.25) is 19.1 Å². The number of fused-ring (bicyclic) bond motifs is 1. The highest BCUT2D eigenvalue weighted by Crippen LogP contribution is 2.28. The molecule has 0 aliphatic carbocycles. The van der Waals surface area contributed by atoms with E-state index >= 15 is 0 Å². The number of rotatable bonds is 5. The highest BCUT2D eigenvalue weighted by Gasteiger charge is 2.18. The first kappa shape index (κ1) is 20.6. The Hall–Kier alpha value is -4.30. The van der Waals surface area contributed by atoms with E-state index in [0.717, 1.165) is 0 Å². The maximum atomic E-state index is 13.0. The molecule has 0 fully saturated rings. The Morgan fingerprint density at radius 3 is 2.67 bits per heavy atom. The van der Waals surface area contributed by atoms with Crippen LogP contribution >= 0.6 is 11.6 Å². The second-order valence-electron chi connectivity index (χ2n) is 7.22. The number of para-hydroxylation sites is 1. The highest BCUT2D eigenvalue weighted by atomic mass is 35.5. The molecule has 9 heteroatoms. The lowest BCUT2D eigenvalue weighted by molar-refractivity contribution is -0.116. The second kappa shape index (κ2) is 8.68. The van der Waals surface area contributed by atoms with Gasteiger partial charge in [0.2, 0.25) is 11.7 Å². The van der Waals surface area contributed by atoms with Crippen LogP contribution in [0.3, 0.4) is 0 Å². The van der Waals surface area contributed by atoms with Crippen molar-refractivity contribution in [1.82, 2.24) is 19.7 Å². The summed E-state index contributed by atoms with van der Waals surface area (Å²) in [5.74, 6) is 0.239. The van der Waals surface area contributed by atoms with Crippen LogP contribution in [0.4, 0.5) is 5.69 Å². The maximum absolute atomic E-state index is 13.0. The van der Waals surface area contributed by atoms with E-state index in [9.17, 15) is 9.59 Å². The third-order valence-corrected chi connectivity index (χ3v) is 5.28. The summed E-state index contributed by atoms with van der Waals surface area (Å²) >= 11 is 5.89. The van der Waals surface area contributed by atoms with Crippen LogP contribution < -0.4 is 10.9 Å². The Bertz CT molecular complexity index is 1510. The summed E-state index contributed by atoms with van der Waals surface area (Å²) in [6.07, 6.45) is 3.28. The van der Waals surface area contributed by atoms with Crippen molar-refractivity contribution in [2.24, 2.45) is 0 Å². The number of nitrogens with zero attached hydrogens (tertiary/aromatic N) is 4. The van der Waals surface area contributed by atoms with Crippen molar-refractivity contribution in [2.75, 3.05) is 5.32 Å². The van der Waals surface area contributed by atoms with E-state index in [1.807, 2.05) is 18.2 Å². The Kier molecular flexibility index (Phi) is 5.42. The molecule has 0 radical (unpaired) electrons. The van der Waals surface area contributed by atoms with E-state index in [4.69, 9.17) is 16.1 Å². The lowest BCUT2D eigenvalue weighted by atomic mass is 10.1. The molecule has 0 unspecified atom stereocenters. The number of nitrogens with one attached hydrogen (secondary N) is 1. The van der Waals surface area contributed by atoms with Gasteiger partial charge in [-0.05, 0) is 42.5 Å². The first-order valence-corrected chi connectivity index (χ1v) is 10.4. The van der Waals surface area contributed by atoms with Gasteiger partial charge in [0.25, 0.3) is 11.4 Å². The molecule has 0 saturated heterocycles. The van der Waals surface area contributed by atoms with Gasteiger partial charge in [-0.25, -0.2) is 0 Å². The Balaban J connectivity index is 1.50. The summed E-state index contributed by atoms with van der Waals surface area (Å²) in [4.78, 5) is 34.1. The van der Waals surface area contributed by atoms with Gasteiger partial charge in [0.05, 0.1) is 11.1 Å². The van der Waals surface area contributed by atoms with Crippen LogP contribution in [-0.2, 0) is 11.3 Å². The minimum Gasteiger partial charge on any atom is -0.334 e. The standard InChI is InChI=1S/C24H16ClN5O3/c25-16-7-9-17(10-8-16)27-21(31)14-30-20-6-2-1-5-18(20)19(12-22(30)32)24-28-23(29-33-24)15-4-3-11-26-13-15/h1-13H,14H2,(H,27,31). The summed E-state index contributed by atoms with van der Waals surface area (Å²) in [6.45, 7) is -0.160. The molecule has 1 amide bonds. The van der Waals surface area contributed by atoms with E-state index in [1.54, 1.807) is 54.9 Å². The third kappa shape index (κ3) is 4.24. The van der Waals surface area contributed by atoms with E-state index in [0.29, 0.717) is 38.6 Å². The van der Waals surface area contributed by atoms with Crippen LogP contribution in [0, 0.1) is 0 Å². The minimum atomic E-state index is -0.365. The lowest BCUT2D eigenvalue weighted by Crippen LogP contribution is -2.27. The van der Waals surface area contributed by atoms with Crippen molar-refractivity contribution >= 4 is 34.1 Å². The van der Waals surface area contributed by atoms with E-state index in [2.05, 4.69) is 20.4 Å². The first-order chi connectivity index (χ1) is 16.1. The van der Waals surface area contributed by atoms with E-state index < -0.39 is 0 Å². The smallest absolute Gasteiger partial charge is 0.259 e. The van der Waals surface area contributed by atoms with Crippen molar-refractivity contribution < 1.29 is 9.32 Å². The highest BCUT2D eigenvalue weighted by molar-refractivity contribution is 6.30. The fourth-order valence-corrected chi connectivity index (χ4v) is 3.62. The van der Waals surface area contributed by atoms with Gasteiger partial charge < -0.3 is 9.84 Å². The predicted octanol–water partition coefficient (Wildman–Crippen LogP) is 4.41. The minimum absolute atomic E-state index is 0.160. The van der Waals surface area contributed by atoms with Gasteiger partial charge in [0, 0.05) is 40.1 Å². The Labute approximate surface area is 192 Å². The number of carbonyl (C=O) groups excluding carboxylic acids is 1. The summed E-state index contributed by atoms with van der Waals surface area (Å²) < 4.78 is 6.86. The molecular weight excluding hydrogens is 442 g/mol. The van der Waals surface area contributed by atoms with E-state index in [1.165, 1.54) is 10.6 Å². The van der Waals surface area contributed by atoms with Crippen LogP contribution in [0.2, 0.25) is 5.02 Å². The molecule has 0 saturated carbocycles. The van der Waals surface area contributed by atoms with Crippen LogP contribution in [0.25, 0.3) is 33.7 Å². The molecule has 1 N–H and O–H groups in total. The van der Waals surface area contributed by atoms with Crippen molar-refractivity contribution in [3.05, 3.63) is 94.5 Å². The van der Waals surface area contributed by atoms with Crippen molar-refractivity contribution in [1.29, 1.82) is 0 Å². The number of carbonyl (C=O) groups is 1. The number of hydrogen-bond acceptors (Lipinski definition) is 6. The van der Waals surface area contributed by atoms with Gasteiger partial charge in [-0.2, -0.15) is 4.98 Å².